The molecule has 1 heterocycles. The van der Waals surface area contributed by atoms with Crippen molar-refractivity contribution in [2.24, 2.45) is 5.92 Å². The van der Waals surface area contributed by atoms with Crippen LogP contribution in [0.5, 0.6) is 0 Å². The quantitative estimate of drug-likeness (QED) is 0.828. The van der Waals surface area contributed by atoms with Crippen LogP contribution < -0.4 is 10.2 Å². The van der Waals surface area contributed by atoms with Gasteiger partial charge in [0.1, 0.15) is 0 Å². The molecule has 1 aromatic carbocycles. The van der Waals surface area contributed by atoms with Crippen molar-refractivity contribution < 1.29 is 0 Å². The SMILES string of the molecule is CCCNC(CC)c1ccc(N2CC(C)CC2C)cc1. The van der Waals surface area contributed by atoms with Crippen LogP contribution >= 0.6 is 0 Å². The van der Waals surface area contributed by atoms with E-state index in [9.17, 15) is 0 Å². The molecule has 1 saturated heterocycles. The first-order chi connectivity index (χ1) is 9.65. The van der Waals surface area contributed by atoms with Crippen molar-refractivity contribution in [2.75, 3.05) is 18.0 Å². The molecule has 0 aromatic heterocycles. The van der Waals surface area contributed by atoms with Gasteiger partial charge in [0.15, 0.2) is 0 Å². The minimum Gasteiger partial charge on any atom is -0.369 e. The second-order valence-electron chi connectivity index (χ2n) is 6.35. The minimum absolute atomic E-state index is 0.499. The lowest BCUT2D eigenvalue weighted by Crippen LogP contribution is -2.26. The van der Waals surface area contributed by atoms with Crippen LogP contribution in [-0.2, 0) is 0 Å². The molecule has 1 aromatic rings. The molecule has 0 bridgehead atoms. The second-order valence-corrected chi connectivity index (χ2v) is 6.35. The number of anilines is 1. The maximum Gasteiger partial charge on any atom is 0.0368 e. The number of nitrogens with one attached hydrogen (secondary N) is 1. The van der Waals surface area contributed by atoms with E-state index in [1.54, 1.807) is 0 Å². The van der Waals surface area contributed by atoms with Crippen molar-refractivity contribution in [3.63, 3.8) is 0 Å². The molecule has 0 spiro atoms. The van der Waals surface area contributed by atoms with E-state index in [-0.39, 0.29) is 0 Å². The lowest BCUT2D eigenvalue weighted by molar-refractivity contribution is 0.518. The Bertz CT molecular complexity index is 398. The summed E-state index contributed by atoms with van der Waals surface area (Å²) in [7, 11) is 0. The Labute approximate surface area is 124 Å². The van der Waals surface area contributed by atoms with Gasteiger partial charge in [-0.2, -0.15) is 0 Å². The highest BCUT2D eigenvalue weighted by Crippen LogP contribution is 2.29. The standard InChI is InChI=1S/C18H30N2/c1-5-11-19-18(6-2)16-7-9-17(10-8-16)20-13-14(3)12-15(20)4/h7-10,14-15,18-19H,5-6,11-13H2,1-4H3. The third kappa shape index (κ3) is 3.54. The van der Waals surface area contributed by atoms with Gasteiger partial charge in [-0.1, -0.05) is 32.9 Å². The van der Waals surface area contributed by atoms with Gasteiger partial charge >= 0.3 is 0 Å². The fourth-order valence-electron chi connectivity index (χ4n) is 3.37. The molecule has 3 atom stereocenters. The molecule has 20 heavy (non-hydrogen) atoms. The van der Waals surface area contributed by atoms with Crippen LogP contribution in [0.25, 0.3) is 0 Å². The van der Waals surface area contributed by atoms with E-state index in [0.29, 0.717) is 12.1 Å². The molecule has 0 amide bonds. The van der Waals surface area contributed by atoms with Gasteiger partial charge in [-0.05, 0) is 56.3 Å². The van der Waals surface area contributed by atoms with Gasteiger partial charge < -0.3 is 10.2 Å². The summed E-state index contributed by atoms with van der Waals surface area (Å²) in [6.45, 7) is 11.5. The Morgan fingerprint density at radius 3 is 2.40 bits per heavy atom. The third-order valence-corrected chi connectivity index (χ3v) is 4.46. The van der Waals surface area contributed by atoms with E-state index >= 15 is 0 Å². The number of hydrogen-bond acceptors (Lipinski definition) is 2. The lowest BCUT2D eigenvalue weighted by atomic mass is 10.0. The van der Waals surface area contributed by atoms with E-state index < -0.39 is 0 Å². The van der Waals surface area contributed by atoms with Crippen molar-refractivity contribution in [2.45, 2.75) is 59.0 Å². The number of benzene rings is 1. The first-order valence-electron chi connectivity index (χ1n) is 8.25. The van der Waals surface area contributed by atoms with Crippen LogP contribution in [0, 0.1) is 5.92 Å². The Hall–Kier alpha value is -1.02. The van der Waals surface area contributed by atoms with Crippen molar-refractivity contribution >= 4 is 5.69 Å². The molecule has 3 unspecified atom stereocenters. The largest absolute Gasteiger partial charge is 0.369 e. The van der Waals surface area contributed by atoms with Gasteiger partial charge in [-0.15, -0.1) is 0 Å². The van der Waals surface area contributed by atoms with E-state index in [0.717, 1.165) is 18.9 Å². The van der Waals surface area contributed by atoms with Gasteiger partial charge in [-0.25, -0.2) is 0 Å². The van der Waals surface area contributed by atoms with E-state index in [2.05, 4.69) is 62.2 Å². The molecular formula is C18H30N2. The number of hydrogen-bond donors (Lipinski definition) is 1. The first kappa shape index (κ1) is 15.4. The van der Waals surface area contributed by atoms with Crippen LogP contribution in [0.2, 0.25) is 0 Å². The molecule has 0 radical (unpaired) electrons. The topological polar surface area (TPSA) is 15.3 Å². The van der Waals surface area contributed by atoms with Crippen LogP contribution in [0.4, 0.5) is 5.69 Å². The molecule has 112 valence electrons. The summed E-state index contributed by atoms with van der Waals surface area (Å²) in [5.41, 5.74) is 2.81. The maximum atomic E-state index is 3.63. The van der Waals surface area contributed by atoms with Gasteiger partial charge in [-0.3, -0.25) is 0 Å². The zero-order chi connectivity index (χ0) is 14.5. The fraction of sp³-hybridized carbons (Fsp3) is 0.667. The Kier molecular flexibility index (Phi) is 5.47. The highest BCUT2D eigenvalue weighted by molar-refractivity contribution is 5.50. The van der Waals surface area contributed by atoms with E-state index in [1.165, 1.54) is 30.6 Å². The van der Waals surface area contributed by atoms with E-state index in [1.807, 2.05) is 0 Å². The van der Waals surface area contributed by atoms with E-state index in [4.69, 9.17) is 0 Å². The molecule has 1 aliphatic rings. The average Bonchev–Trinajstić information content (AvgIpc) is 2.79. The second kappa shape index (κ2) is 7.12. The zero-order valence-corrected chi connectivity index (χ0v) is 13.5. The normalized spacial score (nSPS) is 24.1. The summed E-state index contributed by atoms with van der Waals surface area (Å²) in [4.78, 5) is 2.55. The molecule has 0 aliphatic carbocycles. The number of nitrogens with zero attached hydrogens (tertiary/aromatic N) is 1. The summed E-state index contributed by atoms with van der Waals surface area (Å²) >= 11 is 0. The predicted octanol–water partition coefficient (Wildman–Crippen LogP) is 4.37. The molecular weight excluding hydrogens is 244 g/mol. The van der Waals surface area contributed by atoms with Gasteiger partial charge in [0.2, 0.25) is 0 Å². The van der Waals surface area contributed by atoms with Crippen LogP contribution in [0.15, 0.2) is 24.3 Å². The summed E-state index contributed by atoms with van der Waals surface area (Å²) in [5.74, 6) is 0.819. The van der Waals surface area contributed by atoms with Crippen molar-refractivity contribution in [1.29, 1.82) is 0 Å². The molecule has 1 fully saturated rings. The Morgan fingerprint density at radius 2 is 1.90 bits per heavy atom. The monoisotopic (exact) mass is 274 g/mol. The molecule has 2 nitrogen and oxygen atoms in total. The molecule has 0 saturated carbocycles. The van der Waals surface area contributed by atoms with Gasteiger partial charge in [0.25, 0.3) is 0 Å². The van der Waals surface area contributed by atoms with Gasteiger partial charge in [0.05, 0.1) is 0 Å². The Morgan fingerprint density at radius 1 is 1.20 bits per heavy atom. The Balaban J connectivity index is 2.05. The zero-order valence-electron chi connectivity index (χ0n) is 13.5. The van der Waals surface area contributed by atoms with Crippen LogP contribution in [0.3, 0.4) is 0 Å². The third-order valence-electron chi connectivity index (χ3n) is 4.46. The maximum absolute atomic E-state index is 3.63. The minimum atomic E-state index is 0.499. The van der Waals surface area contributed by atoms with Crippen molar-refractivity contribution in [1.82, 2.24) is 5.32 Å². The van der Waals surface area contributed by atoms with Gasteiger partial charge in [0, 0.05) is 24.3 Å². The average molecular weight is 274 g/mol. The number of rotatable bonds is 6. The smallest absolute Gasteiger partial charge is 0.0368 e. The summed E-state index contributed by atoms with van der Waals surface area (Å²) in [6, 6.07) is 10.4. The summed E-state index contributed by atoms with van der Waals surface area (Å²) < 4.78 is 0. The predicted molar refractivity (Wildman–Crippen MR) is 88.4 cm³/mol. The molecule has 1 N–H and O–H groups in total. The molecule has 2 rings (SSSR count). The highest BCUT2D eigenvalue weighted by atomic mass is 15.2. The van der Waals surface area contributed by atoms with Crippen molar-refractivity contribution in [3.8, 4) is 0 Å². The molecule has 2 heteroatoms. The molecule has 1 aliphatic heterocycles. The van der Waals surface area contributed by atoms with Crippen LogP contribution in [-0.4, -0.2) is 19.1 Å². The van der Waals surface area contributed by atoms with Crippen molar-refractivity contribution in [3.05, 3.63) is 29.8 Å². The fourth-order valence-corrected chi connectivity index (χ4v) is 3.37. The summed E-state index contributed by atoms with van der Waals surface area (Å²) in [6.07, 6.45) is 3.66. The lowest BCUT2D eigenvalue weighted by Gasteiger charge is -2.25. The summed E-state index contributed by atoms with van der Waals surface area (Å²) in [5, 5.41) is 3.63. The van der Waals surface area contributed by atoms with Crippen LogP contribution in [0.1, 0.15) is 58.6 Å². The first-order valence-corrected chi connectivity index (χ1v) is 8.25. The highest BCUT2D eigenvalue weighted by Gasteiger charge is 2.26.